The average Bonchev–Trinajstić information content (AvgIpc) is 2.92. The molecule has 0 saturated carbocycles. The molecule has 0 bridgehead atoms. The molecule has 1 aliphatic heterocycles. The second kappa shape index (κ2) is 5.68. The highest BCUT2D eigenvalue weighted by Gasteiger charge is 2.22. The molecule has 0 atom stereocenters. The van der Waals surface area contributed by atoms with Gasteiger partial charge in [0.05, 0.1) is 12.9 Å². The lowest BCUT2D eigenvalue weighted by Crippen LogP contribution is -2.43. The molecule has 1 aromatic heterocycles. The smallest absolute Gasteiger partial charge is 0.289 e. The minimum atomic E-state index is -0.314. The molecular formula is C12H16N2O4. The van der Waals surface area contributed by atoms with Crippen molar-refractivity contribution in [1.82, 2.24) is 9.96 Å². The maximum absolute atomic E-state index is 11.9. The van der Waals surface area contributed by atoms with Gasteiger partial charge in [-0.25, -0.2) is 5.06 Å². The van der Waals surface area contributed by atoms with E-state index in [1.807, 2.05) is 0 Å². The van der Waals surface area contributed by atoms with E-state index in [9.17, 15) is 9.59 Å². The standard InChI is InChI=1S/C12H16N2O4/c1-13(12(16)10-5-4-7-17-10)9-11(15)14-6-2-3-8-18-14/h4-5,7H,2-3,6,8-9H2,1H3. The lowest BCUT2D eigenvalue weighted by Gasteiger charge is -2.27. The number of rotatable bonds is 3. The molecule has 2 rings (SSSR count). The first-order valence-corrected chi connectivity index (χ1v) is 5.91. The number of carbonyl (C=O) groups excluding carboxylic acids is 2. The normalized spacial score (nSPS) is 15.5. The van der Waals surface area contributed by atoms with Gasteiger partial charge in [0.25, 0.3) is 11.8 Å². The van der Waals surface area contributed by atoms with Crippen LogP contribution in [0.2, 0.25) is 0 Å². The maximum atomic E-state index is 11.9. The molecule has 98 valence electrons. The summed E-state index contributed by atoms with van der Waals surface area (Å²) in [5.74, 6) is -0.299. The van der Waals surface area contributed by atoms with Crippen molar-refractivity contribution in [2.45, 2.75) is 12.8 Å². The van der Waals surface area contributed by atoms with E-state index >= 15 is 0 Å². The number of amides is 2. The van der Waals surface area contributed by atoms with Crippen molar-refractivity contribution >= 4 is 11.8 Å². The largest absolute Gasteiger partial charge is 0.459 e. The summed E-state index contributed by atoms with van der Waals surface area (Å²) in [6.45, 7) is 1.13. The fourth-order valence-corrected chi connectivity index (χ4v) is 1.74. The SMILES string of the molecule is CN(CC(=O)N1CCCCO1)C(=O)c1ccco1. The predicted molar refractivity (Wildman–Crippen MR) is 62.6 cm³/mol. The Morgan fingerprint density at radius 2 is 2.28 bits per heavy atom. The van der Waals surface area contributed by atoms with E-state index in [2.05, 4.69) is 0 Å². The summed E-state index contributed by atoms with van der Waals surface area (Å²) in [6, 6.07) is 3.21. The zero-order valence-electron chi connectivity index (χ0n) is 10.3. The van der Waals surface area contributed by atoms with Crippen molar-refractivity contribution < 1.29 is 18.8 Å². The summed E-state index contributed by atoms with van der Waals surface area (Å²) < 4.78 is 5.00. The van der Waals surface area contributed by atoms with E-state index in [4.69, 9.17) is 9.25 Å². The number of nitrogens with zero attached hydrogens (tertiary/aromatic N) is 2. The molecule has 1 aromatic rings. The van der Waals surface area contributed by atoms with Crippen LogP contribution >= 0.6 is 0 Å². The number of hydrogen-bond donors (Lipinski definition) is 0. The van der Waals surface area contributed by atoms with Crippen LogP contribution in [0, 0.1) is 0 Å². The third-order valence-corrected chi connectivity index (χ3v) is 2.73. The van der Waals surface area contributed by atoms with Crippen LogP contribution in [0.5, 0.6) is 0 Å². The molecule has 0 aromatic carbocycles. The third-order valence-electron chi connectivity index (χ3n) is 2.73. The Morgan fingerprint density at radius 1 is 1.44 bits per heavy atom. The van der Waals surface area contributed by atoms with Gasteiger partial charge in [0, 0.05) is 13.6 Å². The summed E-state index contributed by atoms with van der Waals surface area (Å²) in [5, 5.41) is 1.33. The van der Waals surface area contributed by atoms with Gasteiger partial charge in [-0.05, 0) is 25.0 Å². The first-order chi connectivity index (χ1) is 8.68. The first kappa shape index (κ1) is 12.6. The zero-order chi connectivity index (χ0) is 13.0. The molecule has 1 fully saturated rings. The Labute approximate surface area is 105 Å². The van der Waals surface area contributed by atoms with Crippen molar-refractivity contribution in [3.63, 3.8) is 0 Å². The highest BCUT2D eigenvalue weighted by molar-refractivity contribution is 5.93. The number of likely N-dealkylation sites (N-methyl/N-ethyl adjacent to an activating group) is 1. The average molecular weight is 252 g/mol. The van der Waals surface area contributed by atoms with Gasteiger partial charge in [-0.1, -0.05) is 0 Å². The van der Waals surface area contributed by atoms with Crippen LogP contribution in [0.1, 0.15) is 23.4 Å². The minimum Gasteiger partial charge on any atom is -0.459 e. The fraction of sp³-hybridized carbons (Fsp3) is 0.500. The monoisotopic (exact) mass is 252 g/mol. The molecule has 18 heavy (non-hydrogen) atoms. The highest BCUT2D eigenvalue weighted by Crippen LogP contribution is 2.08. The molecule has 0 N–H and O–H groups in total. The lowest BCUT2D eigenvalue weighted by atomic mass is 10.3. The molecule has 6 nitrogen and oxygen atoms in total. The molecule has 2 heterocycles. The Balaban J connectivity index is 1.88. The Hall–Kier alpha value is -1.82. The van der Waals surface area contributed by atoms with Crippen molar-refractivity contribution in [3.8, 4) is 0 Å². The topological polar surface area (TPSA) is 63.0 Å². The van der Waals surface area contributed by atoms with Gasteiger partial charge in [-0.2, -0.15) is 0 Å². The zero-order valence-corrected chi connectivity index (χ0v) is 10.3. The van der Waals surface area contributed by atoms with Crippen molar-refractivity contribution in [1.29, 1.82) is 0 Å². The number of carbonyl (C=O) groups is 2. The van der Waals surface area contributed by atoms with E-state index in [0.29, 0.717) is 13.2 Å². The minimum absolute atomic E-state index is 0.0144. The predicted octanol–water partition coefficient (Wildman–Crippen LogP) is 0.906. The van der Waals surface area contributed by atoms with E-state index in [-0.39, 0.29) is 24.1 Å². The van der Waals surface area contributed by atoms with Gasteiger partial charge >= 0.3 is 0 Å². The van der Waals surface area contributed by atoms with Gasteiger partial charge in [0.1, 0.15) is 6.54 Å². The van der Waals surface area contributed by atoms with Crippen molar-refractivity contribution in [2.75, 3.05) is 26.7 Å². The van der Waals surface area contributed by atoms with Crippen molar-refractivity contribution in [2.24, 2.45) is 0 Å². The molecule has 2 amide bonds. The summed E-state index contributed by atoms with van der Waals surface area (Å²) in [6.07, 6.45) is 3.32. The quantitative estimate of drug-likeness (QED) is 0.802. The Kier molecular flexibility index (Phi) is 3.99. The third kappa shape index (κ3) is 2.89. The van der Waals surface area contributed by atoms with Gasteiger partial charge in [-0.15, -0.1) is 0 Å². The molecule has 1 aliphatic rings. The number of hydroxylamine groups is 2. The van der Waals surface area contributed by atoms with E-state index < -0.39 is 0 Å². The molecule has 0 spiro atoms. The second-order valence-corrected chi connectivity index (χ2v) is 4.17. The summed E-state index contributed by atoms with van der Waals surface area (Å²) in [4.78, 5) is 30.3. The second-order valence-electron chi connectivity index (χ2n) is 4.17. The van der Waals surface area contributed by atoms with Crippen LogP contribution in [-0.2, 0) is 9.63 Å². The Bertz CT molecular complexity index is 410. The van der Waals surface area contributed by atoms with Crippen LogP contribution in [0.3, 0.4) is 0 Å². The fourth-order valence-electron chi connectivity index (χ4n) is 1.74. The summed E-state index contributed by atoms with van der Waals surface area (Å²) >= 11 is 0. The highest BCUT2D eigenvalue weighted by atomic mass is 16.7. The van der Waals surface area contributed by atoms with Gasteiger partial charge in [-0.3, -0.25) is 14.4 Å². The van der Waals surface area contributed by atoms with Crippen LogP contribution in [0.4, 0.5) is 0 Å². The summed E-state index contributed by atoms with van der Waals surface area (Å²) in [7, 11) is 1.56. The molecule has 0 unspecified atom stereocenters. The lowest BCUT2D eigenvalue weighted by molar-refractivity contribution is -0.197. The van der Waals surface area contributed by atoms with Gasteiger partial charge in [0.15, 0.2) is 5.76 Å². The first-order valence-electron chi connectivity index (χ1n) is 5.91. The molecular weight excluding hydrogens is 236 g/mol. The summed E-state index contributed by atoms with van der Waals surface area (Å²) in [5.41, 5.74) is 0. The van der Waals surface area contributed by atoms with Crippen LogP contribution in [0.25, 0.3) is 0 Å². The van der Waals surface area contributed by atoms with Crippen molar-refractivity contribution in [3.05, 3.63) is 24.2 Å². The molecule has 0 aliphatic carbocycles. The van der Waals surface area contributed by atoms with Crippen LogP contribution < -0.4 is 0 Å². The maximum Gasteiger partial charge on any atom is 0.289 e. The van der Waals surface area contributed by atoms with Gasteiger partial charge < -0.3 is 9.32 Å². The molecule has 1 saturated heterocycles. The molecule has 6 heteroatoms. The van der Waals surface area contributed by atoms with Crippen LogP contribution in [0.15, 0.2) is 22.8 Å². The van der Waals surface area contributed by atoms with Crippen LogP contribution in [-0.4, -0.2) is 48.5 Å². The van der Waals surface area contributed by atoms with Gasteiger partial charge in [0.2, 0.25) is 0 Å². The Morgan fingerprint density at radius 3 is 2.89 bits per heavy atom. The van der Waals surface area contributed by atoms with E-state index in [1.54, 1.807) is 19.2 Å². The number of furan rings is 1. The van der Waals surface area contributed by atoms with E-state index in [0.717, 1.165) is 12.8 Å². The van der Waals surface area contributed by atoms with E-state index in [1.165, 1.54) is 16.2 Å². The number of hydrogen-bond acceptors (Lipinski definition) is 4. The molecule has 0 radical (unpaired) electrons.